The number of nitrogens with one attached hydrogen (secondary N) is 1. The average Bonchev–Trinajstić information content (AvgIpc) is 3.02. The summed E-state index contributed by atoms with van der Waals surface area (Å²) in [5, 5.41) is 14.0. The maximum atomic E-state index is 12.0. The lowest BCUT2D eigenvalue weighted by atomic mass is 10.00. The van der Waals surface area contributed by atoms with Crippen molar-refractivity contribution in [3.8, 4) is 0 Å². The molecule has 1 amide bonds. The Morgan fingerprint density at radius 2 is 1.92 bits per heavy atom. The van der Waals surface area contributed by atoms with E-state index >= 15 is 0 Å². The molecule has 124 valence electrons. The molecule has 0 saturated heterocycles. The van der Waals surface area contributed by atoms with Crippen LogP contribution >= 0.6 is 0 Å². The number of nitro groups is 1. The van der Waals surface area contributed by atoms with Crippen LogP contribution in [0, 0.1) is 16.0 Å². The van der Waals surface area contributed by atoms with Crippen molar-refractivity contribution in [3.63, 3.8) is 0 Å². The first-order valence-corrected chi connectivity index (χ1v) is 8.23. The fourth-order valence-electron chi connectivity index (χ4n) is 3.38. The third-order valence-electron chi connectivity index (χ3n) is 4.56. The number of carbonyl (C=O) groups is 1. The van der Waals surface area contributed by atoms with Crippen LogP contribution in [0.1, 0.15) is 34.3 Å². The van der Waals surface area contributed by atoms with E-state index in [1.165, 1.54) is 0 Å². The van der Waals surface area contributed by atoms with Gasteiger partial charge < -0.3 is 5.32 Å². The van der Waals surface area contributed by atoms with Crippen LogP contribution in [0.15, 0.2) is 48.5 Å². The molecule has 0 aliphatic heterocycles. The van der Waals surface area contributed by atoms with E-state index in [0.717, 1.165) is 36.8 Å². The van der Waals surface area contributed by atoms with Gasteiger partial charge in [-0.25, -0.2) is 0 Å². The predicted molar refractivity (Wildman–Crippen MR) is 92.0 cm³/mol. The number of hydrogen-bond donors (Lipinski definition) is 1. The van der Waals surface area contributed by atoms with Crippen molar-refractivity contribution in [2.45, 2.75) is 25.7 Å². The van der Waals surface area contributed by atoms with E-state index in [4.69, 9.17) is 0 Å². The third-order valence-corrected chi connectivity index (χ3v) is 4.56. The van der Waals surface area contributed by atoms with Gasteiger partial charge in [-0.3, -0.25) is 14.9 Å². The fourth-order valence-corrected chi connectivity index (χ4v) is 3.38. The van der Waals surface area contributed by atoms with Gasteiger partial charge in [-0.15, -0.1) is 0 Å². The van der Waals surface area contributed by atoms with Crippen LogP contribution in [-0.4, -0.2) is 17.4 Å². The van der Waals surface area contributed by atoms with Crippen LogP contribution in [0.5, 0.6) is 0 Å². The second kappa shape index (κ2) is 7.25. The van der Waals surface area contributed by atoms with Crippen LogP contribution in [0.4, 0.5) is 5.69 Å². The zero-order chi connectivity index (χ0) is 16.9. The molecular weight excluding hydrogens is 304 g/mol. The van der Waals surface area contributed by atoms with Crippen molar-refractivity contribution in [1.82, 2.24) is 5.32 Å². The smallest absolute Gasteiger partial charge is 0.272 e. The van der Waals surface area contributed by atoms with Gasteiger partial charge in [-0.05, 0) is 49.3 Å². The summed E-state index contributed by atoms with van der Waals surface area (Å²) in [5.41, 5.74) is 2.90. The zero-order valence-corrected chi connectivity index (χ0v) is 13.4. The first kappa shape index (κ1) is 16.2. The minimum atomic E-state index is -0.290. The van der Waals surface area contributed by atoms with Gasteiger partial charge >= 0.3 is 0 Å². The predicted octanol–water partition coefficient (Wildman–Crippen LogP) is 3.52. The first-order chi connectivity index (χ1) is 11.6. The molecule has 1 unspecified atom stereocenters. The number of nitrogens with zero attached hydrogens (tertiary/aromatic N) is 1. The number of rotatable bonds is 6. The largest absolute Gasteiger partial charge is 0.352 e. The molecule has 0 fully saturated rings. The van der Waals surface area contributed by atoms with E-state index in [9.17, 15) is 14.9 Å². The Kier molecular flexibility index (Phi) is 4.89. The molecule has 2 aromatic rings. The highest BCUT2D eigenvalue weighted by Crippen LogP contribution is 2.35. The van der Waals surface area contributed by atoms with Gasteiger partial charge in [0.2, 0.25) is 0 Å². The van der Waals surface area contributed by atoms with Gasteiger partial charge in [-0.1, -0.05) is 30.3 Å². The summed E-state index contributed by atoms with van der Waals surface area (Å²) >= 11 is 0. The monoisotopic (exact) mass is 324 g/mol. The van der Waals surface area contributed by atoms with E-state index in [0.29, 0.717) is 18.0 Å². The summed E-state index contributed by atoms with van der Waals surface area (Å²) in [7, 11) is 0. The molecule has 0 saturated carbocycles. The Balaban J connectivity index is 1.47. The molecule has 1 aliphatic rings. The molecule has 5 nitrogen and oxygen atoms in total. The second-order valence-corrected chi connectivity index (χ2v) is 6.21. The molecule has 1 N–H and O–H groups in total. The standard InChI is InChI=1S/C19H20N2O3/c22-19(15-7-2-1-3-8-15)20-11-5-6-14-12-16-9-4-10-18(21(23)24)17(16)13-14/h1-4,7-10,14H,5-6,11-13H2,(H,20,22). The molecule has 0 spiro atoms. The van der Waals surface area contributed by atoms with Crippen LogP contribution < -0.4 is 5.32 Å². The molecular formula is C19H20N2O3. The van der Waals surface area contributed by atoms with Crippen LogP contribution in [0.25, 0.3) is 0 Å². The lowest BCUT2D eigenvalue weighted by molar-refractivity contribution is -0.385. The number of nitro benzene ring substituents is 1. The quantitative estimate of drug-likeness (QED) is 0.502. The van der Waals surface area contributed by atoms with Gasteiger partial charge in [-0.2, -0.15) is 0 Å². The Labute approximate surface area is 140 Å². The van der Waals surface area contributed by atoms with E-state index in [2.05, 4.69) is 5.32 Å². The van der Waals surface area contributed by atoms with E-state index < -0.39 is 0 Å². The summed E-state index contributed by atoms with van der Waals surface area (Å²) in [6.07, 6.45) is 3.49. The number of carbonyl (C=O) groups excluding carboxylic acids is 1. The van der Waals surface area contributed by atoms with Gasteiger partial charge in [0.25, 0.3) is 11.6 Å². The fraction of sp³-hybridized carbons (Fsp3) is 0.316. The Hall–Kier alpha value is -2.69. The zero-order valence-electron chi connectivity index (χ0n) is 13.4. The summed E-state index contributed by atoms with van der Waals surface area (Å²) in [6.45, 7) is 0.628. The highest BCUT2D eigenvalue weighted by Gasteiger charge is 2.27. The molecule has 0 radical (unpaired) electrons. The first-order valence-electron chi connectivity index (χ1n) is 8.23. The normalized spacial score (nSPS) is 15.8. The minimum absolute atomic E-state index is 0.0547. The maximum absolute atomic E-state index is 12.0. The average molecular weight is 324 g/mol. The van der Waals surface area contributed by atoms with Crippen molar-refractivity contribution in [2.24, 2.45) is 5.92 Å². The molecule has 3 rings (SSSR count). The Bertz CT molecular complexity index is 744. The SMILES string of the molecule is O=C(NCCCC1Cc2cccc([N+](=O)[O-])c2C1)c1ccccc1. The van der Waals surface area contributed by atoms with Gasteiger partial charge in [0.15, 0.2) is 0 Å². The van der Waals surface area contributed by atoms with Crippen molar-refractivity contribution in [2.75, 3.05) is 6.54 Å². The summed E-state index contributed by atoms with van der Waals surface area (Å²) in [4.78, 5) is 22.8. The lowest BCUT2D eigenvalue weighted by Gasteiger charge is -2.09. The van der Waals surface area contributed by atoms with Gasteiger partial charge in [0.05, 0.1) is 4.92 Å². The van der Waals surface area contributed by atoms with Gasteiger partial charge in [0.1, 0.15) is 0 Å². The van der Waals surface area contributed by atoms with Crippen LogP contribution in [0.2, 0.25) is 0 Å². The molecule has 5 heteroatoms. The summed E-state index contributed by atoms with van der Waals surface area (Å²) < 4.78 is 0. The van der Waals surface area contributed by atoms with E-state index in [1.807, 2.05) is 24.3 Å². The van der Waals surface area contributed by atoms with E-state index in [-0.39, 0.29) is 16.5 Å². The van der Waals surface area contributed by atoms with Crippen molar-refractivity contribution in [3.05, 3.63) is 75.3 Å². The lowest BCUT2D eigenvalue weighted by Crippen LogP contribution is -2.24. The molecule has 0 bridgehead atoms. The summed E-state index contributed by atoms with van der Waals surface area (Å²) in [5.74, 6) is 0.371. The number of amides is 1. The number of benzene rings is 2. The Morgan fingerprint density at radius 1 is 1.12 bits per heavy atom. The third kappa shape index (κ3) is 3.62. The number of fused-ring (bicyclic) bond motifs is 1. The molecule has 0 heterocycles. The molecule has 2 aromatic carbocycles. The Morgan fingerprint density at radius 3 is 2.67 bits per heavy atom. The van der Waals surface area contributed by atoms with Gasteiger partial charge in [0, 0.05) is 23.7 Å². The minimum Gasteiger partial charge on any atom is -0.352 e. The molecule has 0 aromatic heterocycles. The van der Waals surface area contributed by atoms with Crippen molar-refractivity contribution < 1.29 is 9.72 Å². The highest BCUT2D eigenvalue weighted by molar-refractivity contribution is 5.94. The van der Waals surface area contributed by atoms with E-state index in [1.54, 1.807) is 24.3 Å². The molecule has 1 aliphatic carbocycles. The van der Waals surface area contributed by atoms with Crippen molar-refractivity contribution >= 4 is 11.6 Å². The molecule has 1 atom stereocenters. The maximum Gasteiger partial charge on any atom is 0.272 e. The summed E-state index contributed by atoms with van der Waals surface area (Å²) in [6, 6.07) is 14.5. The van der Waals surface area contributed by atoms with Crippen LogP contribution in [0.3, 0.4) is 0 Å². The second-order valence-electron chi connectivity index (χ2n) is 6.21. The van der Waals surface area contributed by atoms with Crippen molar-refractivity contribution in [1.29, 1.82) is 0 Å². The van der Waals surface area contributed by atoms with Crippen LogP contribution in [-0.2, 0) is 12.8 Å². The molecule has 24 heavy (non-hydrogen) atoms. The topological polar surface area (TPSA) is 72.2 Å². The number of hydrogen-bond acceptors (Lipinski definition) is 3. The highest BCUT2D eigenvalue weighted by atomic mass is 16.6.